The van der Waals surface area contributed by atoms with Gasteiger partial charge < -0.3 is 9.84 Å². The zero-order chi connectivity index (χ0) is 14.0. The molecule has 0 spiro atoms. The standard InChI is InChI=1S/C13H12BrFN2O2/c1-7-10(8(2)19-17-7)6-16-13(18)9-4-3-5-11(14)12(9)15/h3-5H,6H2,1-2H3,(H,16,18). The van der Waals surface area contributed by atoms with Crippen LogP contribution in [0, 0.1) is 19.7 Å². The van der Waals surface area contributed by atoms with E-state index in [1.165, 1.54) is 6.07 Å². The molecule has 100 valence electrons. The molecule has 1 amide bonds. The second-order valence-corrected chi connectivity index (χ2v) is 4.94. The van der Waals surface area contributed by atoms with Crippen LogP contribution in [0.1, 0.15) is 27.4 Å². The SMILES string of the molecule is Cc1noc(C)c1CNC(=O)c1cccc(Br)c1F. The summed E-state index contributed by atoms with van der Waals surface area (Å²) in [6.45, 7) is 3.81. The second-order valence-electron chi connectivity index (χ2n) is 4.09. The summed E-state index contributed by atoms with van der Waals surface area (Å²) in [5, 5.41) is 6.44. The van der Waals surface area contributed by atoms with E-state index in [0.29, 0.717) is 11.5 Å². The van der Waals surface area contributed by atoms with Crippen molar-refractivity contribution < 1.29 is 13.7 Å². The fourth-order valence-electron chi connectivity index (χ4n) is 1.70. The van der Waals surface area contributed by atoms with Crippen molar-refractivity contribution in [3.63, 3.8) is 0 Å². The van der Waals surface area contributed by atoms with Crippen molar-refractivity contribution in [3.8, 4) is 0 Å². The minimum absolute atomic E-state index is 0.00105. The molecule has 4 nitrogen and oxygen atoms in total. The summed E-state index contributed by atoms with van der Waals surface area (Å²) in [7, 11) is 0. The Hall–Kier alpha value is -1.69. The summed E-state index contributed by atoms with van der Waals surface area (Å²) in [4.78, 5) is 11.9. The highest BCUT2D eigenvalue weighted by Gasteiger charge is 2.15. The topological polar surface area (TPSA) is 55.1 Å². The Labute approximate surface area is 118 Å². The molecule has 0 fully saturated rings. The molecule has 6 heteroatoms. The summed E-state index contributed by atoms with van der Waals surface area (Å²) < 4.78 is 19.0. The van der Waals surface area contributed by atoms with Gasteiger partial charge in [0, 0.05) is 12.1 Å². The minimum atomic E-state index is -0.571. The summed E-state index contributed by atoms with van der Waals surface area (Å²) in [5.41, 5.74) is 1.53. The first kappa shape index (κ1) is 13.7. The van der Waals surface area contributed by atoms with Crippen LogP contribution in [0.2, 0.25) is 0 Å². The zero-order valence-corrected chi connectivity index (χ0v) is 12.0. The number of halogens is 2. The lowest BCUT2D eigenvalue weighted by atomic mass is 10.1. The van der Waals surface area contributed by atoms with Crippen LogP contribution < -0.4 is 5.32 Å². The Morgan fingerprint density at radius 3 is 2.84 bits per heavy atom. The quantitative estimate of drug-likeness (QED) is 0.942. The monoisotopic (exact) mass is 326 g/mol. The first-order valence-electron chi connectivity index (χ1n) is 5.64. The number of nitrogens with one attached hydrogen (secondary N) is 1. The van der Waals surface area contributed by atoms with Crippen molar-refractivity contribution in [3.05, 3.63) is 51.1 Å². The number of carbonyl (C=O) groups excluding carboxylic acids is 1. The number of benzene rings is 1. The predicted octanol–water partition coefficient (Wildman–Crippen LogP) is 3.12. The van der Waals surface area contributed by atoms with Gasteiger partial charge >= 0.3 is 0 Å². The van der Waals surface area contributed by atoms with Gasteiger partial charge in [0.1, 0.15) is 11.6 Å². The van der Waals surface area contributed by atoms with Crippen molar-refractivity contribution in [2.75, 3.05) is 0 Å². The van der Waals surface area contributed by atoms with Gasteiger partial charge in [-0.05, 0) is 41.9 Å². The maximum atomic E-state index is 13.7. The van der Waals surface area contributed by atoms with E-state index in [1.54, 1.807) is 26.0 Å². The van der Waals surface area contributed by atoms with E-state index in [-0.39, 0.29) is 16.6 Å². The lowest BCUT2D eigenvalue weighted by Gasteiger charge is -2.06. The van der Waals surface area contributed by atoms with Gasteiger partial charge in [0.2, 0.25) is 0 Å². The third-order valence-electron chi connectivity index (χ3n) is 2.80. The van der Waals surface area contributed by atoms with Gasteiger partial charge in [0.15, 0.2) is 0 Å². The predicted molar refractivity (Wildman–Crippen MR) is 71.2 cm³/mol. The van der Waals surface area contributed by atoms with Crippen molar-refractivity contribution in [1.82, 2.24) is 10.5 Å². The van der Waals surface area contributed by atoms with Crippen LogP contribution in [-0.4, -0.2) is 11.1 Å². The van der Waals surface area contributed by atoms with Crippen LogP contribution in [0.3, 0.4) is 0 Å². The smallest absolute Gasteiger partial charge is 0.254 e. The van der Waals surface area contributed by atoms with E-state index in [0.717, 1.165) is 5.56 Å². The van der Waals surface area contributed by atoms with Gasteiger partial charge in [0.25, 0.3) is 5.91 Å². The van der Waals surface area contributed by atoms with E-state index in [9.17, 15) is 9.18 Å². The molecule has 0 radical (unpaired) electrons. The van der Waals surface area contributed by atoms with E-state index in [1.807, 2.05) is 0 Å². The molecule has 2 rings (SSSR count). The van der Waals surface area contributed by atoms with E-state index < -0.39 is 11.7 Å². The molecule has 0 saturated carbocycles. The molecule has 0 aliphatic heterocycles. The maximum absolute atomic E-state index is 13.7. The van der Waals surface area contributed by atoms with E-state index in [2.05, 4.69) is 26.4 Å². The number of amides is 1. The number of nitrogens with zero attached hydrogens (tertiary/aromatic N) is 1. The molecule has 1 aromatic carbocycles. The number of carbonyl (C=O) groups is 1. The lowest BCUT2D eigenvalue weighted by molar-refractivity contribution is 0.0946. The first-order valence-corrected chi connectivity index (χ1v) is 6.44. The average Bonchev–Trinajstić information content (AvgIpc) is 2.70. The minimum Gasteiger partial charge on any atom is -0.361 e. The Balaban J connectivity index is 2.12. The molecule has 0 atom stereocenters. The van der Waals surface area contributed by atoms with Crippen LogP contribution in [0.4, 0.5) is 4.39 Å². The lowest BCUT2D eigenvalue weighted by Crippen LogP contribution is -2.24. The molecule has 0 aliphatic carbocycles. The normalized spacial score (nSPS) is 10.5. The Morgan fingerprint density at radius 1 is 1.47 bits per heavy atom. The van der Waals surface area contributed by atoms with Crippen LogP contribution in [-0.2, 0) is 6.54 Å². The van der Waals surface area contributed by atoms with Gasteiger partial charge in [-0.1, -0.05) is 11.2 Å². The summed E-state index contributed by atoms with van der Waals surface area (Å²) in [6, 6.07) is 4.58. The molecular weight excluding hydrogens is 315 g/mol. The molecule has 19 heavy (non-hydrogen) atoms. The molecule has 0 saturated heterocycles. The van der Waals surface area contributed by atoms with Gasteiger partial charge in [-0.15, -0.1) is 0 Å². The molecular formula is C13H12BrFN2O2. The molecule has 1 heterocycles. The fourth-order valence-corrected chi connectivity index (χ4v) is 2.06. The van der Waals surface area contributed by atoms with Crippen molar-refractivity contribution >= 4 is 21.8 Å². The van der Waals surface area contributed by atoms with Crippen molar-refractivity contribution in [2.45, 2.75) is 20.4 Å². The molecule has 0 aliphatic rings. The van der Waals surface area contributed by atoms with Crippen LogP contribution in [0.15, 0.2) is 27.2 Å². The number of aryl methyl sites for hydroxylation is 2. The molecule has 2 aromatic rings. The fraction of sp³-hybridized carbons (Fsp3) is 0.231. The number of hydrogen-bond acceptors (Lipinski definition) is 3. The van der Waals surface area contributed by atoms with Gasteiger partial charge in [0.05, 0.1) is 15.7 Å². The summed E-state index contributed by atoms with van der Waals surface area (Å²) in [6.07, 6.45) is 0. The number of rotatable bonds is 3. The van der Waals surface area contributed by atoms with Crippen LogP contribution >= 0.6 is 15.9 Å². The third kappa shape index (κ3) is 2.84. The maximum Gasteiger partial charge on any atom is 0.254 e. The second kappa shape index (κ2) is 5.52. The molecule has 0 unspecified atom stereocenters. The largest absolute Gasteiger partial charge is 0.361 e. The Bertz CT molecular complexity index is 606. The highest BCUT2D eigenvalue weighted by molar-refractivity contribution is 9.10. The number of aromatic nitrogens is 1. The highest BCUT2D eigenvalue weighted by atomic mass is 79.9. The Kier molecular flexibility index (Phi) is 3.99. The third-order valence-corrected chi connectivity index (χ3v) is 3.42. The number of hydrogen-bond donors (Lipinski definition) is 1. The van der Waals surface area contributed by atoms with Crippen LogP contribution in [0.5, 0.6) is 0 Å². The van der Waals surface area contributed by atoms with Gasteiger partial charge in [-0.2, -0.15) is 0 Å². The highest BCUT2D eigenvalue weighted by Crippen LogP contribution is 2.19. The van der Waals surface area contributed by atoms with Gasteiger partial charge in [-0.25, -0.2) is 4.39 Å². The van der Waals surface area contributed by atoms with E-state index >= 15 is 0 Å². The van der Waals surface area contributed by atoms with Crippen LogP contribution in [0.25, 0.3) is 0 Å². The first-order chi connectivity index (χ1) is 9.00. The molecule has 1 aromatic heterocycles. The summed E-state index contributed by atoms with van der Waals surface area (Å²) >= 11 is 3.05. The van der Waals surface area contributed by atoms with Crippen molar-refractivity contribution in [1.29, 1.82) is 0 Å². The van der Waals surface area contributed by atoms with Crippen molar-refractivity contribution in [2.24, 2.45) is 0 Å². The summed E-state index contributed by atoms with van der Waals surface area (Å²) in [5.74, 6) is -0.398. The molecule has 1 N–H and O–H groups in total. The van der Waals surface area contributed by atoms with Gasteiger partial charge in [-0.3, -0.25) is 4.79 Å². The molecule has 0 bridgehead atoms. The zero-order valence-electron chi connectivity index (χ0n) is 10.5. The Morgan fingerprint density at radius 2 is 2.21 bits per heavy atom. The van der Waals surface area contributed by atoms with E-state index in [4.69, 9.17) is 4.52 Å². The average molecular weight is 327 g/mol.